The van der Waals surface area contributed by atoms with Crippen molar-refractivity contribution in [1.29, 1.82) is 0 Å². The van der Waals surface area contributed by atoms with Crippen molar-refractivity contribution < 1.29 is 16.8 Å². The van der Waals surface area contributed by atoms with Crippen molar-refractivity contribution in [3.8, 4) is 0 Å². The fourth-order valence-electron chi connectivity index (χ4n) is 4.00. The van der Waals surface area contributed by atoms with Crippen LogP contribution in [-0.2, 0) is 26.5 Å². The number of hydrogen-bond donors (Lipinski definition) is 1. The second-order valence-corrected chi connectivity index (χ2v) is 11.0. The Bertz CT molecular complexity index is 1060. The van der Waals surface area contributed by atoms with Crippen LogP contribution in [0.4, 0.5) is 0 Å². The molecular weight excluding hydrogens is 396 g/mol. The molecule has 0 bridgehead atoms. The largest absolute Gasteiger partial charge is 0.243 e. The lowest BCUT2D eigenvalue weighted by atomic mass is 9.88. The van der Waals surface area contributed by atoms with Crippen molar-refractivity contribution >= 4 is 20.0 Å². The van der Waals surface area contributed by atoms with Crippen LogP contribution in [-0.4, -0.2) is 34.2 Å². The van der Waals surface area contributed by atoms with Crippen LogP contribution in [0.1, 0.15) is 42.9 Å². The molecule has 0 radical (unpaired) electrons. The van der Waals surface area contributed by atoms with Crippen LogP contribution < -0.4 is 4.72 Å². The van der Waals surface area contributed by atoms with Crippen molar-refractivity contribution in [2.75, 3.05) is 13.1 Å². The lowest BCUT2D eigenvalue weighted by molar-refractivity contribution is 0.477. The number of nitrogens with zero attached hydrogens (tertiary/aromatic N) is 1. The zero-order valence-electron chi connectivity index (χ0n) is 15.5. The molecule has 8 heteroatoms. The molecule has 2 aromatic carbocycles. The SMILES string of the molecule is O=S(=O)(N[C@H]1CCCc2ccccc21)c1ccc(S(=O)(=O)N2CCCC2)cc1. The molecule has 2 aliphatic rings. The van der Waals surface area contributed by atoms with Gasteiger partial charge in [0.15, 0.2) is 0 Å². The third kappa shape index (κ3) is 3.74. The Morgan fingerprint density at radius 1 is 0.821 bits per heavy atom. The van der Waals surface area contributed by atoms with E-state index in [1.807, 2.05) is 24.3 Å². The zero-order chi connectivity index (χ0) is 19.8. The molecule has 1 N–H and O–H groups in total. The number of aryl methyl sites for hydroxylation is 1. The summed E-state index contributed by atoms with van der Waals surface area (Å²) in [7, 11) is -7.29. The first-order valence-corrected chi connectivity index (χ1v) is 12.5. The lowest BCUT2D eigenvalue weighted by Gasteiger charge is -2.26. The second-order valence-electron chi connectivity index (χ2n) is 7.35. The minimum atomic E-state index is -3.74. The molecule has 0 amide bonds. The van der Waals surface area contributed by atoms with Crippen LogP contribution in [0.25, 0.3) is 0 Å². The van der Waals surface area contributed by atoms with E-state index in [1.54, 1.807) is 0 Å². The van der Waals surface area contributed by atoms with E-state index in [2.05, 4.69) is 4.72 Å². The molecular formula is C20H24N2O4S2. The van der Waals surface area contributed by atoms with Crippen LogP contribution in [0.5, 0.6) is 0 Å². The van der Waals surface area contributed by atoms with Crippen molar-refractivity contribution in [2.24, 2.45) is 0 Å². The molecule has 1 saturated heterocycles. The van der Waals surface area contributed by atoms with Gasteiger partial charge in [-0.2, -0.15) is 4.31 Å². The van der Waals surface area contributed by atoms with E-state index in [0.29, 0.717) is 13.1 Å². The van der Waals surface area contributed by atoms with Crippen LogP contribution >= 0.6 is 0 Å². The first-order chi connectivity index (χ1) is 13.4. The van der Waals surface area contributed by atoms with Gasteiger partial charge in [0.1, 0.15) is 0 Å². The maximum Gasteiger partial charge on any atom is 0.243 e. The van der Waals surface area contributed by atoms with E-state index in [-0.39, 0.29) is 15.8 Å². The summed E-state index contributed by atoms with van der Waals surface area (Å²) < 4.78 is 55.2. The van der Waals surface area contributed by atoms with Gasteiger partial charge in [-0.05, 0) is 67.5 Å². The summed E-state index contributed by atoms with van der Waals surface area (Å²) in [5.74, 6) is 0. The van der Waals surface area contributed by atoms with E-state index in [1.165, 1.54) is 34.1 Å². The lowest BCUT2D eigenvalue weighted by Crippen LogP contribution is -2.31. The normalized spacial score (nSPS) is 20.8. The monoisotopic (exact) mass is 420 g/mol. The highest BCUT2D eigenvalue weighted by molar-refractivity contribution is 7.89. The third-order valence-corrected chi connectivity index (χ3v) is 8.90. The average molecular weight is 421 g/mol. The maximum atomic E-state index is 12.9. The number of rotatable bonds is 5. The van der Waals surface area contributed by atoms with Gasteiger partial charge in [-0.25, -0.2) is 21.6 Å². The summed E-state index contributed by atoms with van der Waals surface area (Å²) in [6.07, 6.45) is 4.35. The quantitative estimate of drug-likeness (QED) is 0.806. The summed E-state index contributed by atoms with van der Waals surface area (Å²) in [4.78, 5) is 0.215. The van der Waals surface area contributed by atoms with Crippen LogP contribution in [0.15, 0.2) is 58.3 Å². The van der Waals surface area contributed by atoms with Gasteiger partial charge in [0, 0.05) is 19.1 Å². The van der Waals surface area contributed by atoms with Gasteiger partial charge in [-0.15, -0.1) is 0 Å². The van der Waals surface area contributed by atoms with Crippen molar-refractivity contribution in [1.82, 2.24) is 9.03 Å². The van der Waals surface area contributed by atoms with Crippen molar-refractivity contribution in [3.63, 3.8) is 0 Å². The predicted octanol–water partition coefficient (Wildman–Crippen LogP) is 2.83. The Balaban J connectivity index is 1.56. The highest BCUT2D eigenvalue weighted by atomic mass is 32.2. The number of sulfonamides is 2. The highest BCUT2D eigenvalue weighted by Gasteiger charge is 2.29. The number of nitrogens with one attached hydrogen (secondary N) is 1. The van der Waals surface area contributed by atoms with E-state index in [4.69, 9.17) is 0 Å². The smallest absolute Gasteiger partial charge is 0.207 e. The summed E-state index contributed by atoms with van der Waals surface area (Å²) in [5.41, 5.74) is 2.19. The first-order valence-electron chi connectivity index (χ1n) is 9.58. The van der Waals surface area contributed by atoms with Crippen LogP contribution in [0.2, 0.25) is 0 Å². The van der Waals surface area contributed by atoms with Gasteiger partial charge in [0.2, 0.25) is 20.0 Å². The zero-order valence-corrected chi connectivity index (χ0v) is 17.2. The third-order valence-electron chi connectivity index (χ3n) is 5.50. The molecule has 0 spiro atoms. The molecule has 1 aliphatic carbocycles. The topological polar surface area (TPSA) is 83.5 Å². The molecule has 0 aromatic heterocycles. The van der Waals surface area contributed by atoms with Crippen molar-refractivity contribution in [2.45, 2.75) is 47.9 Å². The second kappa shape index (κ2) is 7.59. The molecule has 0 saturated carbocycles. The predicted molar refractivity (Wildman–Crippen MR) is 107 cm³/mol. The highest BCUT2D eigenvalue weighted by Crippen LogP contribution is 2.31. The molecule has 1 atom stereocenters. The molecule has 0 unspecified atom stereocenters. The Kier molecular flexibility index (Phi) is 5.30. The van der Waals surface area contributed by atoms with Crippen molar-refractivity contribution in [3.05, 3.63) is 59.7 Å². The van der Waals surface area contributed by atoms with Crippen LogP contribution in [0, 0.1) is 0 Å². The minimum absolute atomic E-state index is 0.0796. The summed E-state index contributed by atoms with van der Waals surface area (Å²) in [5, 5.41) is 0. The Morgan fingerprint density at radius 2 is 1.46 bits per heavy atom. The fraction of sp³-hybridized carbons (Fsp3) is 0.400. The molecule has 4 rings (SSSR count). The van der Waals surface area contributed by atoms with E-state index >= 15 is 0 Å². The average Bonchev–Trinajstić information content (AvgIpc) is 3.24. The molecule has 150 valence electrons. The Morgan fingerprint density at radius 3 is 2.18 bits per heavy atom. The standard InChI is InChI=1S/C20H24N2O4S2/c23-27(24,21-20-9-5-7-16-6-1-2-8-19(16)20)17-10-12-18(13-11-17)28(25,26)22-14-3-4-15-22/h1-2,6,8,10-13,20-21H,3-5,7,9,14-15H2/t20-/m0/s1. The molecule has 2 aromatic rings. The Hall–Kier alpha value is -1.74. The maximum absolute atomic E-state index is 12.9. The fourth-order valence-corrected chi connectivity index (χ4v) is 6.77. The van der Waals surface area contributed by atoms with Gasteiger partial charge in [0.25, 0.3) is 0 Å². The van der Waals surface area contributed by atoms with Crippen LogP contribution in [0.3, 0.4) is 0 Å². The Labute approximate surface area is 166 Å². The number of hydrogen-bond acceptors (Lipinski definition) is 4. The number of fused-ring (bicyclic) bond motifs is 1. The molecule has 1 aliphatic heterocycles. The van der Waals surface area contributed by atoms with Gasteiger partial charge < -0.3 is 0 Å². The first kappa shape index (κ1) is 19.6. The minimum Gasteiger partial charge on any atom is -0.207 e. The molecule has 1 fully saturated rings. The van der Waals surface area contributed by atoms with E-state index in [0.717, 1.165) is 37.7 Å². The summed E-state index contributed by atoms with van der Waals surface area (Å²) in [6, 6.07) is 13.1. The van der Waals surface area contributed by atoms with Gasteiger partial charge in [-0.1, -0.05) is 24.3 Å². The van der Waals surface area contributed by atoms with Gasteiger partial charge in [-0.3, -0.25) is 0 Å². The molecule has 6 nitrogen and oxygen atoms in total. The summed E-state index contributed by atoms with van der Waals surface area (Å²) in [6.45, 7) is 1.04. The van der Waals surface area contributed by atoms with E-state index in [9.17, 15) is 16.8 Å². The van der Waals surface area contributed by atoms with Gasteiger partial charge in [0.05, 0.1) is 9.79 Å². The van der Waals surface area contributed by atoms with Gasteiger partial charge >= 0.3 is 0 Å². The molecule has 28 heavy (non-hydrogen) atoms. The number of benzene rings is 2. The molecule has 1 heterocycles. The summed E-state index contributed by atoms with van der Waals surface area (Å²) >= 11 is 0. The van der Waals surface area contributed by atoms with E-state index < -0.39 is 20.0 Å².